The zero-order valence-corrected chi connectivity index (χ0v) is 12.2. The molecule has 0 aliphatic heterocycles. The largest absolute Gasteiger partial charge is 0.0533 e. The maximum Gasteiger partial charge on any atom is -0.0329 e. The van der Waals surface area contributed by atoms with E-state index in [2.05, 4.69) is 0 Å². The molecule has 0 radical (unpaired) electrons. The van der Waals surface area contributed by atoms with Crippen LogP contribution in [0.4, 0.5) is 0 Å². The van der Waals surface area contributed by atoms with Crippen LogP contribution in [0.1, 0.15) is 89.9 Å². The maximum absolute atomic E-state index is 1.58. The summed E-state index contributed by atoms with van der Waals surface area (Å²) >= 11 is 0. The molecule has 104 valence electrons. The Kier molecular flexibility index (Phi) is 4.65. The van der Waals surface area contributed by atoms with Crippen molar-refractivity contribution in [1.29, 1.82) is 0 Å². The Balaban J connectivity index is 1.68. The van der Waals surface area contributed by atoms with Gasteiger partial charge < -0.3 is 0 Å². The van der Waals surface area contributed by atoms with Crippen molar-refractivity contribution >= 4 is 0 Å². The molecule has 3 aliphatic rings. The first-order valence-corrected chi connectivity index (χ1v) is 8.95. The van der Waals surface area contributed by atoms with Crippen LogP contribution in [0.5, 0.6) is 0 Å². The van der Waals surface area contributed by atoms with Gasteiger partial charge in [-0.05, 0) is 23.7 Å². The average Bonchev–Trinajstić information content (AvgIpc) is 2.95. The van der Waals surface area contributed by atoms with E-state index in [-0.39, 0.29) is 0 Å². The molecule has 0 amide bonds. The third kappa shape index (κ3) is 2.94. The quantitative estimate of drug-likeness (QED) is 0.578. The van der Waals surface area contributed by atoms with Gasteiger partial charge in [-0.15, -0.1) is 0 Å². The standard InChI is InChI=1S/C18H32/c1-3-9-15(10-4-1)18(17-13-7-8-14-17)16-11-5-2-6-12-16/h15-18H,1-14H2. The molecule has 0 heteroatoms. The fraction of sp³-hybridized carbons (Fsp3) is 1.00. The zero-order valence-electron chi connectivity index (χ0n) is 12.2. The molecule has 0 aromatic rings. The first kappa shape index (κ1) is 13.0. The van der Waals surface area contributed by atoms with Crippen molar-refractivity contribution < 1.29 is 0 Å². The molecule has 18 heavy (non-hydrogen) atoms. The van der Waals surface area contributed by atoms with Gasteiger partial charge in [0.25, 0.3) is 0 Å². The third-order valence-electron chi connectivity index (χ3n) is 6.33. The van der Waals surface area contributed by atoms with Gasteiger partial charge in [0.15, 0.2) is 0 Å². The van der Waals surface area contributed by atoms with Crippen LogP contribution in [0.15, 0.2) is 0 Å². The van der Waals surface area contributed by atoms with Crippen molar-refractivity contribution in [2.45, 2.75) is 89.9 Å². The summed E-state index contributed by atoms with van der Waals surface area (Å²) in [6.07, 6.45) is 21.8. The highest BCUT2D eigenvalue weighted by Crippen LogP contribution is 2.48. The van der Waals surface area contributed by atoms with Crippen LogP contribution < -0.4 is 0 Å². The van der Waals surface area contributed by atoms with Gasteiger partial charge in [0.1, 0.15) is 0 Å². The van der Waals surface area contributed by atoms with Gasteiger partial charge in [0.05, 0.1) is 0 Å². The van der Waals surface area contributed by atoms with Crippen LogP contribution in [-0.4, -0.2) is 0 Å². The highest BCUT2D eigenvalue weighted by molar-refractivity contribution is 4.87. The summed E-state index contributed by atoms with van der Waals surface area (Å²) in [6, 6.07) is 0. The van der Waals surface area contributed by atoms with Crippen LogP contribution >= 0.6 is 0 Å². The smallest absolute Gasteiger partial charge is 0.0329 e. The summed E-state index contributed by atoms with van der Waals surface area (Å²) in [5.74, 6) is 4.54. The topological polar surface area (TPSA) is 0 Å². The fourth-order valence-corrected chi connectivity index (χ4v) is 5.54. The predicted molar refractivity (Wildman–Crippen MR) is 78.6 cm³/mol. The van der Waals surface area contributed by atoms with E-state index in [0.717, 1.165) is 23.7 Å². The molecule has 0 nitrogen and oxygen atoms in total. The summed E-state index contributed by atoms with van der Waals surface area (Å²) in [4.78, 5) is 0. The minimum Gasteiger partial charge on any atom is -0.0533 e. The van der Waals surface area contributed by atoms with Gasteiger partial charge in [0, 0.05) is 0 Å². The maximum atomic E-state index is 1.58. The lowest BCUT2D eigenvalue weighted by atomic mass is 9.64. The van der Waals surface area contributed by atoms with Gasteiger partial charge in [0.2, 0.25) is 0 Å². The highest BCUT2D eigenvalue weighted by Gasteiger charge is 2.37. The molecule has 3 aliphatic carbocycles. The second-order valence-electron chi connectivity index (χ2n) is 7.42. The molecule has 0 atom stereocenters. The Morgan fingerprint density at radius 3 is 1.00 bits per heavy atom. The lowest BCUT2D eigenvalue weighted by molar-refractivity contribution is 0.0891. The lowest BCUT2D eigenvalue weighted by Gasteiger charge is -2.41. The summed E-state index contributed by atoms with van der Waals surface area (Å²) in [5.41, 5.74) is 0. The fourth-order valence-electron chi connectivity index (χ4n) is 5.54. The summed E-state index contributed by atoms with van der Waals surface area (Å²) < 4.78 is 0. The summed E-state index contributed by atoms with van der Waals surface area (Å²) in [7, 11) is 0. The Bertz CT molecular complexity index is 208. The van der Waals surface area contributed by atoms with Crippen molar-refractivity contribution in [3.05, 3.63) is 0 Å². The van der Waals surface area contributed by atoms with Crippen LogP contribution in [0.25, 0.3) is 0 Å². The van der Waals surface area contributed by atoms with Crippen molar-refractivity contribution in [3.63, 3.8) is 0 Å². The Morgan fingerprint density at radius 2 is 0.667 bits per heavy atom. The van der Waals surface area contributed by atoms with Crippen LogP contribution in [-0.2, 0) is 0 Å². The van der Waals surface area contributed by atoms with Gasteiger partial charge in [-0.3, -0.25) is 0 Å². The van der Waals surface area contributed by atoms with E-state index in [1.54, 1.807) is 77.0 Å². The molecule has 0 bridgehead atoms. The molecule has 0 heterocycles. The third-order valence-corrected chi connectivity index (χ3v) is 6.33. The predicted octanol–water partition coefficient (Wildman–Crippen LogP) is 5.95. The number of hydrogen-bond acceptors (Lipinski definition) is 0. The minimum atomic E-state index is 1.13. The minimum absolute atomic E-state index is 1.13. The molecule has 3 rings (SSSR count). The van der Waals surface area contributed by atoms with E-state index in [9.17, 15) is 0 Å². The molecular formula is C18H32. The van der Waals surface area contributed by atoms with Gasteiger partial charge in [-0.25, -0.2) is 0 Å². The monoisotopic (exact) mass is 248 g/mol. The van der Waals surface area contributed by atoms with Crippen molar-refractivity contribution in [2.24, 2.45) is 23.7 Å². The highest BCUT2D eigenvalue weighted by atomic mass is 14.4. The lowest BCUT2D eigenvalue weighted by Crippen LogP contribution is -2.32. The van der Waals surface area contributed by atoms with Crippen molar-refractivity contribution in [1.82, 2.24) is 0 Å². The van der Waals surface area contributed by atoms with Crippen LogP contribution in [0.3, 0.4) is 0 Å². The van der Waals surface area contributed by atoms with Gasteiger partial charge in [-0.1, -0.05) is 89.9 Å². The molecular weight excluding hydrogens is 216 g/mol. The SMILES string of the molecule is C1CCC(C(C2CCCCC2)C2CCCC2)CC1. The molecule has 3 fully saturated rings. The normalized spacial score (nSPS) is 29.2. The van der Waals surface area contributed by atoms with E-state index >= 15 is 0 Å². The second-order valence-corrected chi connectivity index (χ2v) is 7.42. The van der Waals surface area contributed by atoms with E-state index < -0.39 is 0 Å². The molecule has 0 aromatic heterocycles. The van der Waals surface area contributed by atoms with E-state index in [1.807, 2.05) is 0 Å². The van der Waals surface area contributed by atoms with Crippen LogP contribution in [0, 0.1) is 23.7 Å². The summed E-state index contributed by atoms with van der Waals surface area (Å²) in [5, 5.41) is 0. The first-order chi connectivity index (χ1) is 8.95. The molecule has 3 saturated carbocycles. The Morgan fingerprint density at radius 1 is 0.389 bits per heavy atom. The van der Waals surface area contributed by atoms with E-state index in [1.165, 1.54) is 12.8 Å². The molecule has 0 spiro atoms. The second kappa shape index (κ2) is 6.44. The van der Waals surface area contributed by atoms with Crippen molar-refractivity contribution in [3.8, 4) is 0 Å². The van der Waals surface area contributed by atoms with Gasteiger partial charge in [-0.2, -0.15) is 0 Å². The van der Waals surface area contributed by atoms with Gasteiger partial charge >= 0.3 is 0 Å². The molecule has 0 unspecified atom stereocenters. The van der Waals surface area contributed by atoms with E-state index in [4.69, 9.17) is 0 Å². The average molecular weight is 248 g/mol. The first-order valence-electron chi connectivity index (χ1n) is 8.95. The Labute approximate surface area is 114 Å². The van der Waals surface area contributed by atoms with Crippen LogP contribution in [0.2, 0.25) is 0 Å². The number of rotatable bonds is 3. The molecule has 0 N–H and O–H groups in total. The summed E-state index contributed by atoms with van der Waals surface area (Å²) in [6.45, 7) is 0. The van der Waals surface area contributed by atoms with Crippen molar-refractivity contribution in [2.75, 3.05) is 0 Å². The molecule has 0 saturated heterocycles. The Hall–Kier alpha value is 0. The number of hydrogen-bond donors (Lipinski definition) is 0. The van der Waals surface area contributed by atoms with E-state index in [0.29, 0.717) is 0 Å². The molecule has 0 aromatic carbocycles. The zero-order chi connectivity index (χ0) is 12.2.